The molecule has 2 aliphatic rings. The number of carbonyl (C=O) groups excluding carboxylic acids is 1. The van der Waals surface area contributed by atoms with Crippen LogP contribution in [0.3, 0.4) is 0 Å². The molecule has 2 saturated heterocycles. The van der Waals surface area contributed by atoms with Crippen molar-refractivity contribution >= 4 is 17.7 Å². The number of hydrogen-bond donors (Lipinski definition) is 0. The van der Waals surface area contributed by atoms with Gasteiger partial charge in [0.2, 0.25) is 0 Å². The van der Waals surface area contributed by atoms with Crippen LogP contribution in [-0.4, -0.2) is 79.6 Å². The third-order valence-corrected chi connectivity index (χ3v) is 6.26. The lowest BCUT2D eigenvalue weighted by Crippen LogP contribution is -2.50. The van der Waals surface area contributed by atoms with E-state index in [9.17, 15) is 4.79 Å². The van der Waals surface area contributed by atoms with Gasteiger partial charge >= 0.3 is 0 Å². The minimum atomic E-state index is -0.492. The lowest BCUT2D eigenvalue weighted by atomic mass is 10.00. The number of thioether (sulfide) groups is 1. The summed E-state index contributed by atoms with van der Waals surface area (Å²) >= 11 is 2.04. The normalized spacial score (nSPS) is 20.8. The number of amides is 1. The molecular formula is C18H24N6OS. The molecule has 0 radical (unpaired) electrons. The Kier molecular flexibility index (Phi) is 5.50. The lowest BCUT2D eigenvalue weighted by Gasteiger charge is -2.40. The van der Waals surface area contributed by atoms with Crippen LogP contribution in [0.25, 0.3) is 0 Å². The first-order valence-corrected chi connectivity index (χ1v) is 10.4. The molecule has 26 heavy (non-hydrogen) atoms. The molecule has 2 aliphatic heterocycles. The second-order valence-electron chi connectivity index (χ2n) is 6.81. The van der Waals surface area contributed by atoms with E-state index in [-0.39, 0.29) is 5.91 Å². The second-order valence-corrected chi connectivity index (χ2v) is 8.03. The van der Waals surface area contributed by atoms with Crippen molar-refractivity contribution in [3.63, 3.8) is 0 Å². The van der Waals surface area contributed by atoms with E-state index in [0.717, 1.165) is 31.5 Å². The van der Waals surface area contributed by atoms with E-state index in [0.29, 0.717) is 6.04 Å². The highest BCUT2D eigenvalue weighted by atomic mass is 32.2. The molecule has 0 aliphatic carbocycles. The third kappa shape index (κ3) is 3.76. The SMILES string of the molecule is O=C([C@H](c1ccccc1)n1cnnn1)N1CCC(N2CCSCC2)CC1. The van der Waals surface area contributed by atoms with Gasteiger partial charge in [-0.05, 0) is 28.8 Å². The quantitative estimate of drug-likeness (QED) is 0.806. The lowest BCUT2D eigenvalue weighted by molar-refractivity contribution is -0.135. The molecule has 3 heterocycles. The van der Waals surface area contributed by atoms with Gasteiger partial charge in [0.25, 0.3) is 5.91 Å². The van der Waals surface area contributed by atoms with Crippen molar-refractivity contribution < 1.29 is 4.79 Å². The highest BCUT2D eigenvalue weighted by molar-refractivity contribution is 7.99. The number of likely N-dealkylation sites (tertiary alicyclic amines) is 1. The van der Waals surface area contributed by atoms with Gasteiger partial charge in [-0.15, -0.1) is 5.10 Å². The maximum absolute atomic E-state index is 13.3. The van der Waals surface area contributed by atoms with Gasteiger partial charge in [-0.1, -0.05) is 30.3 Å². The first-order chi connectivity index (χ1) is 12.8. The minimum Gasteiger partial charge on any atom is -0.340 e. The molecule has 0 spiro atoms. The Morgan fingerprint density at radius 1 is 1.08 bits per heavy atom. The van der Waals surface area contributed by atoms with Gasteiger partial charge in [0.05, 0.1) is 0 Å². The monoisotopic (exact) mass is 372 g/mol. The van der Waals surface area contributed by atoms with Crippen LogP contribution in [0.1, 0.15) is 24.4 Å². The standard InChI is InChI=1S/C18H24N6OS/c25-18(17(24-14-19-20-21-24)15-4-2-1-3-5-15)23-8-6-16(7-9-23)22-10-12-26-13-11-22/h1-5,14,16-17H,6-13H2/t17-/m0/s1. The average molecular weight is 372 g/mol. The molecule has 0 N–H and O–H groups in total. The van der Waals surface area contributed by atoms with Crippen LogP contribution in [0.4, 0.5) is 0 Å². The highest BCUT2D eigenvalue weighted by Gasteiger charge is 2.33. The Bertz CT molecular complexity index is 696. The number of rotatable bonds is 4. The van der Waals surface area contributed by atoms with Gasteiger partial charge < -0.3 is 4.90 Å². The van der Waals surface area contributed by atoms with E-state index in [4.69, 9.17) is 0 Å². The zero-order valence-corrected chi connectivity index (χ0v) is 15.6. The fraction of sp³-hybridized carbons (Fsp3) is 0.556. The van der Waals surface area contributed by atoms with Crippen LogP contribution in [-0.2, 0) is 4.79 Å². The van der Waals surface area contributed by atoms with Crippen LogP contribution in [0.5, 0.6) is 0 Å². The summed E-state index contributed by atoms with van der Waals surface area (Å²) < 4.78 is 1.56. The van der Waals surface area contributed by atoms with E-state index in [2.05, 4.69) is 20.4 Å². The summed E-state index contributed by atoms with van der Waals surface area (Å²) in [6, 6.07) is 9.89. The topological polar surface area (TPSA) is 67.2 Å². The van der Waals surface area contributed by atoms with Crippen molar-refractivity contribution in [1.29, 1.82) is 0 Å². The maximum Gasteiger partial charge on any atom is 0.252 e. The molecule has 0 unspecified atom stereocenters. The number of benzene rings is 1. The molecule has 0 saturated carbocycles. The smallest absolute Gasteiger partial charge is 0.252 e. The molecular weight excluding hydrogens is 348 g/mol. The molecule has 138 valence electrons. The predicted octanol–water partition coefficient (Wildman–Crippen LogP) is 1.30. The van der Waals surface area contributed by atoms with Crippen molar-refractivity contribution in [2.75, 3.05) is 37.7 Å². The summed E-state index contributed by atoms with van der Waals surface area (Å²) in [5.41, 5.74) is 0.917. The van der Waals surface area contributed by atoms with E-state index in [1.54, 1.807) is 4.68 Å². The van der Waals surface area contributed by atoms with Crippen molar-refractivity contribution in [2.24, 2.45) is 0 Å². The number of aromatic nitrogens is 4. The molecule has 0 bridgehead atoms. The molecule has 4 rings (SSSR count). The Hall–Kier alpha value is -1.93. The molecule has 2 fully saturated rings. The van der Waals surface area contributed by atoms with Crippen molar-refractivity contribution in [3.05, 3.63) is 42.2 Å². The summed E-state index contributed by atoms with van der Waals surface area (Å²) in [5.74, 6) is 2.54. The van der Waals surface area contributed by atoms with Gasteiger partial charge in [-0.3, -0.25) is 9.69 Å². The van der Waals surface area contributed by atoms with Crippen molar-refractivity contribution in [2.45, 2.75) is 24.9 Å². The number of piperidine rings is 1. The zero-order chi connectivity index (χ0) is 17.8. The van der Waals surface area contributed by atoms with Gasteiger partial charge in [-0.25, -0.2) is 4.68 Å². The number of nitrogens with zero attached hydrogens (tertiary/aromatic N) is 6. The van der Waals surface area contributed by atoms with Gasteiger partial charge in [0, 0.05) is 43.7 Å². The van der Waals surface area contributed by atoms with Crippen LogP contribution >= 0.6 is 11.8 Å². The third-order valence-electron chi connectivity index (χ3n) is 5.32. The largest absolute Gasteiger partial charge is 0.340 e. The summed E-state index contributed by atoms with van der Waals surface area (Å²) in [6.45, 7) is 3.97. The maximum atomic E-state index is 13.3. The number of tetrazole rings is 1. The summed E-state index contributed by atoms with van der Waals surface area (Å²) in [6.07, 6.45) is 3.62. The molecule has 1 amide bonds. The predicted molar refractivity (Wildman–Crippen MR) is 101 cm³/mol. The van der Waals surface area contributed by atoms with Crippen LogP contribution in [0.15, 0.2) is 36.7 Å². The highest BCUT2D eigenvalue weighted by Crippen LogP contribution is 2.25. The molecule has 1 aromatic carbocycles. The van der Waals surface area contributed by atoms with Crippen LogP contribution in [0.2, 0.25) is 0 Å². The number of carbonyl (C=O) groups is 1. The molecule has 8 heteroatoms. The first-order valence-electron chi connectivity index (χ1n) is 9.21. The Morgan fingerprint density at radius 2 is 1.81 bits per heavy atom. The Labute approximate surface area is 157 Å². The van der Waals surface area contributed by atoms with E-state index >= 15 is 0 Å². The van der Waals surface area contributed by atoms with Gasteiger partial charge in [0.15, 0.2) is 6.04 Å². The fourth-order valence-electron chi connectivity index (χ4n) is 3.90. The Morgan fingerprint density at radius 3 is 2.46 bits per heavy atom. The molecule has 1 atom stereocenters. The molecule has 1 aromatic heterocycles. The number of hydrogen-bond acceptors (Lipinski definition) is 6. The second kappa shape index (κ2) is 8.18. The first kappa shape index (κ1) is 17.5. The molecule has 2 aromatic rings. The Balaban J connectivity index is 1.45. The van der Waals surface area contributed by atoms with E-state index < -0.39 is 6.04 Å². The molecule has 7 nitrogen and oxygen atoms in total. The van der Waals surface area contributed by atoms with Gasteiger partial charge in [0.1, 0.15) is 6.33 Å². The van der Waals surface area contributed by atoms with Crippen molar-refractivity contribution in [3.8, 4) is 0 Å². The summed E-state index contributed by atoms with van der Waals surface area (Å²) in [5, 5.41) is 11.4. The fourth-order valence-corrected chi connectivity index (χ4v) is 4.83. The van der Waals surface area contributed by atoms with E-state index in [1.165, 1.54) is 30.9 Å². The zero-order valence-electron chi connectivity index (χ0n) is 14.8. The van der Waals surface area contributed by atoms with Gasteiger partial charge in [-0.2, -0.15) is 11.8 Å². The van der Waals surface area contributed by atoms with Crippen molar-refractivity contribution in [1.82, 2.24) is 30.0 Å². The van der Waals surface area contributed by atoms with Crippen LogP contribution in [0, 0.1) is 0 Å². The van der Waals surface area contributed by atoms with Crippen LogP contribution < -0.4 is 0 Å². The average Bonchev–Trinajstić information content (AvgIpc) is 3.24. The summed E-state index contributed by atoms with van der Waals surface area (Å²) in [7, 11) is 0. The minimum absolute atomic E-state index is 0.0798. The summed E-state index contributed by atoms with van der Waals surface area (Å²) in [4.78, 5) is 17.9. The van der Waals surface area contributed by atoms with E-state index in [1.807, 2.05) is 47.0 Å².